The maximum absolute atomic E-state index is 14.3. The highest BCUT2D eigenvalue weighted by Crippen LogP contribution is 2.41. The number of benzene rings is 4. The fourth-order valence-electron chi connectivity index (χ4n) is 6.65. The molecule has 0 fully saturated rings. The van der Waals surface area contributed by atoms with Gasteiger partial charge in [0.2, 0.25) is 5.91 Å². The van der Waals surface area contributed by atoms with Crippen LogP contribution in [-0.4, -0.2) is 52.1 Å². The van der Waals surface area contributed by atoms with Crippen LogP contribution in [0.3, 0.4) is 0 Å². The summed E-state index contributed by atoms with van der Waals surface area (Å²) in [6.45, 7) is 0. The number of hydrogen-bond acceptors (Lipinski definition) is 10. The van der Waals surface area contributed by atoms with Gasteiger partial charge in [-0.15, -0.1) is 23.1 Å². The maximum Gasteiger partial charge on any atom is 0.341 e. The molecule has 6 rings (SSSR count). The first-order valence-electron chi connectivity index (χ1n) is 18.8. The number of carbonyl (C=O) groups is 4. The molecule has 0 spiro atoms. The highest BCUT2D eigenvalue weighted by molar-refractivity contribution is 8.00. The third kappa shape index (κ3) is 10.1. The molecule has 1 unspecified atom stereocenters. The summed E-state index contributed by atoms with van der Waals surface area (Å²) in [6, 6.07) is 28.3. The van der Waals surface area contributed by atoms with E-state index in [4.69, 9.17) is 18.9 Å². The first-order valence-corrected chi connectivity index (χ1v) is 20.5. The number of nitrogens with one attached hydrogen (secondary N) is 3. The third-order valence-electron chi connectivity index (χ3n) is 9.55. The minimum atomic E-state index is -0.722. The van der Waals surface area contributed by atoms with Crippen molar-refractivity contribution in [2.45, 2.75) is 48.7 Å². The summed E-state index contributed by atoms with van der Waals surface area (Å²) < 4.78 is 21.7. The number of esters is 1. The number of carbonyl (C=O) groups excluding carboxylic acids is 4. The van der Waals surface area contributed by atoms with Gasteiger partial charge in [0, 0.05) is 32.7 Å². The predicted octanol–water partition coefficient (Wildman–Crippen LogP) is 9.10. The van der Waals surface area contributed by atoms with Gasteiger partial charge in [0.05, 0.1) is 34.0 Å². The van der Waals surface area contributed by atoms with Gasteiger partial charge in [0.15, 0.2) is 11.5 Å². The van der Waals surface area contributed by atoms with Crippen molar-refractivity contribution in [2.75, 3.05) is 39.1 Å². The van der Waals surface area contributed by atoms with E-state index in [9.17, 15) is 19.2 Å². The molecule has 3 N–H and O–H groups in total. The number of hydrogen-bond donors (Lipinski definition) is 3. The van der Waals surface area contributed by atoms with Crippen molar-refractivity contribution < 1.29 is 38.1 Å². The van der Waals surface area contributed by atoms with Crippen LogP contribution in [0.4, 0.5) is 10.7 Å². The van der Waals surface area contributed by atoms with Crippen LogP contribution in [0, 0.1) is 0 Å². The number of methoxy groups -OCH3 is 4. The summed E-state index contributed by atoms with van der Waals surface area (Å²) in [5.41, 5.74) is 3.33. The number of ether oxygens (including phenoxy) is 4. The van der Waals surface area contributed by atoms with Gasteiger partial charge in [-0.1, -0.05) is 67.4 Å². The monoisotopic (exact) mass is 819 g/mol. The van der Waals surface area contributed by atoms with E-state index < -0.39 is 23.0 Å². The van der Waals surface area contributed by atoms with Gasteiger partial charge in [0.25, 0.3) is 11.8 Å². The molecule has 1 heterocycles. The quantitative estimate of drug-likeness (QED) is 0.0569. The third-order valence-corrected chi connectivity index (χ3v) is 12.0. The van der Waals surface area contributed by atoms with Gasteiger partial charge in [-0.25, -0.2) is 4.79 Å². The molecule has 0 aliphatic heterocycles. The predicted molar refractivity (Wildman–Crippen MR) is 228 cm³/mol. The molecule has 3 amide bonds. The lowest BCUT2D eigenvalue weighted by Crippen LogP contribution is -2.30. The number of thiophene rings is 1. The van der Waals surface area contributed by atoms with Gasteiger partial charge >= 0.3 is 5.97 Å². The fraction of sp³-hybridized carbons (Fsp3) is 0.244. The summed E-state index contributed by atoms with van der Waals surface area (Å²) in [4.78, 5) is 56.7. The van der Waals surface area contributed by atoms with Gasteiger partial charge in [-0.2, -0.15) is 0 Å². The van der Waals surface area contributed by atoms with Crippen LogP contribution in [0.2, 0.25) is 0 Å². The maximum atomic E-state index is 14.3. The Kier molecular flexibility index (Phi) is 14.3. The first-order chi connectivity index (χ1) is 28.2. The average Bonchev–Trinajstić information content (AvgIpc) is 3.57. The smallest absolute Gasteiger partial charge is 0.341 e. The van der Waals surface area contributed by atoms with E-state index in [0.29, 0.717) is 49.5 Å². The van der Waals surface area contributed by atoms with Crippen LogP contribution < -0.4 is 30.2 Å². The standard InChI is InChI=1S/C45H45N3O8S2/c1-53-35-27-37(55-3)36(54-2)25-30(35)24-34(47-41(49)29-18-11-8-12-19-29)42(50)46-31-20-15-21-32(26-31)57-40(28-16-9-7-10-17-28)43(51)48-44-39(45(52)56-4)33-22-13-5-6-14-23-38(33)58-44/h7-12,15-21,24-27,40H,5-6,13-14,22-23H2,1-4H3,(H,46,50)(H,47,49)(H,48,51)/b34-24+. The summed E-state index contributed by atoms with van der Waals surface area (Å²) in [5, 5.41) is 8.54. The molecule has 11 nitrogen and oxygen atoms in total. The lowest BCUT2D eigenvalue weighted by Gasteiger charge is -2.18. The highest BCUT2D eigenvalue weighted by atomic mass is 32.2. The van der Waals surface area contributed by atoms with Gasteiger partial charge < -0.3 is 34.9 Å². The van der Waals surface area contributed by atoms with Crippen LogP contribution in [0.1, 0.15) is 73.2 Å². The number of thioether (sulfide) groups is 1. The van der Waals surface area contributed by atoms with Crippen molar-refractivity contribution in [1.82, 2.24) is 5.32 Å². The Bertz CT molecular complexity index is 2290. The molecule has 0 saturated carbocycles. The van der Waals surface area contributed by atoms with Crippen molar-refractivity contribution in [3.63, 3.8) is 0 Å². The molecular formula is C45H45N3O8S2. The van der Waals surface area contributed by atoms with E-state index in [-0.39, 0.29) is 11.6 Å². The van der Waals surface area contributed by atoms with Crippen LogP contribution >= 0.6 is 23.1 Å². The Morgan fingerprint density at radius 2 is 1.40 bits per heavy atom. The average molecular weight is 820 g/mol. The molecule has 0 bridgehead atoms. The van der Waals surface area contributed by atoms with Crippen molar-refractivity contribution in [1.29, 1.82) is 0 Å². The molecule has 5 aromatic rings. The van der Waals surface area contributed by atoms with Crippen LogP contribution in [-0.2, 0) is 27.2 Å². The van der Waals surface area contributed by atoms with E-state index in [1.807, 2.05) is 36.4 Å². The molecule has 4 aromatic carbocycles. The Morgan fingerprint density at radius 3 is 2.09 bits per heavy atom. The van der Waals surface area contributed by atoms with Crippen LogP contribution in [0.5, 0.6) is 17.2 Å². The van der Waals surface area contributed by atoms with Crippen molar-refractivity contribution >= 4 is 63.6 Å². The zero-order chi connectivity index (χ0) is 41.0. The SMILES string of the molecule is COC(=O)c1c(NC(=O)C(Sc2cccc(NC(=O)/C(=C\c3cc(OC)c(OC)cc3OC)NC(=O)c3ccccc3)c2)c2ccccc2)sc2c1CCCCCC2. The van der Waals surface area contributed by atoms with Crippen LogP contribution in [0.15, 0.2) is 108 Å². The lowest BCUT2D eigenvalue weighted by atomic mass is 9.96. The minimum Gasteiger partial charge on any atom is -0.496 e. The van der Waals surface area contributed by atoms with Gasteiger partial charge in [-0.3, -0.25) is 14.4 Å². The van der Waals surface area contributed by atoms with E-state index in [1.165, 1.54) is 57.6 Å². The Balaban J connectivity index is 1.29. The van der Waals surface area contributed by atoms with Crippen molar-refractivity contribution in [3.8, 4) is 17.2 Å². The van der Waals surface area contributed by atoms with Crippen molar-refractivity contribution in [3.05, 3.63) is 135 Å². The van der Waals surface area contributed by atoms with Gasteiger partial charge in [0.1, 0.15) is 21.7 Å². The highest BCUT2D eigenvalue weighted by Gasteiger charge is 2.29. The summed E-state index contributed by atoms with van der Waals surface area (Å²) in [5.74, 6) is -0.650. The Morgan fingerprint density at radius 1 is 0.724 bits per heavy atom. The molecular weight excluding hydrogens is 775 g/mol. The normalized spacial score (nSPS) is 13.1. The summed E-state index contributed by atoms with van der Waals surface area (Å²) in [6.07, 6.45) is 7.33. The second kappa shape index (κ2) is 19.9. The molecule has 1 atom stereocenters. The number of aryl methyl sites for hydroxylation is 1. The molecule has 0 saturated heterocycles. The van der Waals surface area contributed by atoms with Crippen molar-refractivity contribution in [2.24, 2.45) is 0 Å². The van der Waals surface area contributed by atoms with Crippen LogP contribution in [0.25, 0.3) is 6.08 Å². The zero-order valence-electron chi connectivity index (χ0n) is 32.7. The zero-order valence-corrected chi connectivity index (χ0v) is 34.4. The largest absolute Gasteiger partial charge is 0.496 e. The fourth-order valence-corrected chi connectivity index (χ4v) is 9.01. The number of anilines is 2. The second-order valence-corrected chi connectivity index (χ2v) is 15.6. The number of rotatable bonds is 14. The Labute approximate surface area is 346 Å². The second-order valence-electron chi connectivity index (χ2n) is 13.3. The topological polar surface area (TPSA) is 141 Å². The number of fused-ring (bicyclic) bond motifs is 1. The molecule has 1 aromatic heterocycles. The van der Waals surface area contributed by atoms with E-state index in [2.05, 4.69) is 16.0 Å². The van der Waals surface area contributed by atoms with E-state index >= 15 is 0 Å². The molecule has 1 aliphatic carbocycles. The Hall–Kier alpha value is -6.05. The first kappa shape index (κ1) is 41.6. The molecule has 0 radical (unpaired) electrons. The molecule has 13 heteroatoms. The van der Waals surface area contributed by atoms with E-state index in [1.54, 1.807) is 60.7 Å². The molecule has 1 aliphatic rings. The lowest BCUT2D eigenvalue weighted by molar-refractivity contribution is -0.116. The number of amides is 3. The summed E-state index contributed by atoms with van der Waals surface area (Å²) >= 11 is 2.75. The minimum absolute atomic E-state index is 0.0644. The summed E-state index contributed by atoms with van der Waals surface area (Å²) in [7, 11) is 5.85. The molecule has 58 heavy (non-hydrogen) atoms. The van der Waals surface area contributed by atoms with E-state index in [0.717, 1.165) is 54.5 Å². The van der Waals surface area contributed by atoms with Gasteiger partial charge in [-0.05, 0) is 79.3 Å². The molecule has 300 valence electrons.